The number of nitrogens with one attached hydrogen (secondary N) is 1. The highest BCUT2D eigenvalue weighted by Crippen LogP contribution is 2.26. The molecular weight excluding hydrogens is 389 g/mol. The number of aliphatic hydroxyl groups is 1. The topological polar surface area (TPSA) is 41.5 Å². The fourth-order valence-corrected chi connectivity index (χ4v) is 2.65. The van der Waals surface area contributed by atoms with Gasteiger partial charge in [0.2, 0.25) is 0 Å². The SMILES string of the molecule is OCCNCc1cc(Br)ccc1OCc1ccc(Cl)c(Cl)c1. The highest BCUT2D eigenvalue weighted by Gasteiger charge is 2.06. The van der Waals surface area contributed by atoms with Crippen molar-refractivity contribution in [3.8, 4) is 5.75 Å². The third-order valence-corrected chi connectivity index (χ3v) is 4.24. The van der Waals surface area contributed by atoms with Crippen molar-refractivity contribution in [1.29, 1.82) is 0 Å². The Balaban J connectivity index is 2.06. The summed E-state index contributed by atoms with van der Waals surface area (Å²) in [6.07, 6.45) is 0. The molecule has 0 bridgehead atoms. The van der Waals surface area contributed by atoms with E-state index >= 15 is 0 Å². The van der Waals surface area contributed by atoms with Crippen molar-refractivity contribution in [2.75, 3.05) is 13.2 Å². The zero-order valence-electron chi connectivity index (χ0n) is 11.8. The molecule has 2 rings (SSSR count). The first kappa shape index (κ1) is 17.6. The molecule has 0 saturated heterocycles. The number of ether oxygens (including phenoxy) is 1. The summed E-state index contributed by atoms with van der Waals surface area (Å²) in [6, 6.07) is 11.3. The Bertz CT molecular complexity index is 638. The molecule has 0 atom stereocenters. The van der Waals surface area contributed by atoms with Gasteiger partial charge >= 0.3 is 0 Å². The first-order chi connectivity index (χ1) is 10.6. The van der Waals surface area contributed by atoms with Gasteiger partial charge in [-0.25, -0.2) is 0 Å². The van der Waals surface area contributed by atoms with Crippen molar-refractivity contribution in [2.24, 2.45) is 0 Å². The summed E-state index contributed by atoms with van der Waals surface area (Å²) in [7, 11) is 0. The van der Waals surface area contributed by atoms with Crippen molar-refractivity contribution in [1.82, 2.24) is 5.32 Å². The summed E-state index contributed by atoms with van der Waals surface area (Å²) in [5.41, 5.74) is 1.97. The van der Waals surface area contributed by atoms with Crippen LogP contribution in [0.1, 0.15) is 11.1 Å². The van der Waals surface area contributed by atoms with Crippen molar-refractivity contribution < 1.29 is 9.84 Å². The van der Waals surface area contributed by atoms with Crippen LogP contribution >= 0.6 is 39.1 Å². The molecule has 0 aliphatic heterocycles. The minimum Gasteiger partial charge on any atom is -0.489 e. The van der Waals surface area contributed by atoms with E-state index in [9.17, 15) is 0 Å². The van der Waals surface area contributed by atoms with E-state index in [0.29, 0.717) is 29.7 Å². The fourth-order valence-electron chi connectivity index (χ4n) is 1.92. The maximum Gasteiger partial charge on any atom is 0.124 e. The molecule has 2 aromatic rings. The largest absolute Gasteiger partial charge is 0.489 e. The number of rotatable bonds is 7. The Morgan fingerprint density at radius 2 is 1.91 bits per heavy atom. The molecule has 0 amide bonds. The molecule has 2 N–H and O–H groups in total. The lowest BCUT2D eigenvalue weighted by Gasteiger charge is -2.13. The van der Waals surface area contributed by atoms with Gasteiger partial charge in [0.15, 0.2) is 0 Å². The zero-order valence-corrected chi connectivity index (χ0v) is 14.9. The second-order valence-electron chi connectivity index (χ2n) is 4.69. The molecule has 2 aromatic carbocycles. The first-order valence-electron chi connectivity index (χ1n) is 6.77. The van der Waals surface area contributed by atoms with Crippen LogP contribution in [0, 0.1) is 0 Å². The van der Waals surface area contributed by atoms with E-state index in [1.165, 1.54) is 0 Å². The smallest absolute Gasteiger partial charge is 0.124 e. The van der Waals surface area contributed by atoms with Gasteiger partial charge in [0.1, 0.15) is 12.4 Å². The third kappa shape index (κ3) is 5.14. The van der Waals surface area contributed by atoms with E-state index in [0.717, 1.165) is 21.3 Å². The molecule has 0 aliphatic carbocycles. The van der Waals surface area contributed by atoms with Crippen LogP contribution in [0.3, 0.4) is 0 Å². The lowest BCUT2D eigenvalue weighted by molar-refractivity contribution is 0.288. The van der Waals surface area contributed by atoms with Gasteiger partial charge in [-0.1, -0.05) is 45.2 Å². The van der Waals surface area contributed by atoms with Gasteiger partial charge < -0.3 is 15.2 Å². The van der Waals surface area contributed by atoms with Gasteiger partial charge in [-0.2, -0.15) is 0 Å². The summed E-state index contributed by atoms with van der Waals surface area (Å²) >= 11 is 15.4. The monoisotopic (exact) mass is 403 g/mol. The average Bonchev–Trinajstić information content (AvgIpc) is 2.50. The van der Waals surface area contributed by atoms with E-state index in [1.54, 1.807) is 12.1 Å². The molecule has 0 aliphatic rings. The summed E-state index contributed by atoms with van der Waals surface area (Å²) in [5.74, 6) is 0.791. The van der Waals surface area contributed by atoms with Gasteiger partial charge in [-0.3, -0.25) is 0 Å². The zero-order chi connectivity index (χ0) is 15.9. The van der Waals surface area contributed by atoms with E-state index < -0.39 is 0 Å². The predicted molar refractivity (Wildman–Crippen MR) is 93.7 cm³/mol. The molecule has 0 heterocycles. The summed E-state index contributed by atoms with van der Waals surface area (Å²) in [6.45, 7) is 1.68. The van der Waals surface area contributed by atoms with E-state index in [-0.39, 0.29) is 6.61 Å². The normalized spacial score (nSPS) is 10.7. The highest BCUT2D eigenvalue weighted by molar-refractivity contribution is 9.10. The Morgan fingerprint density at radius 1 is 1.09 bits per heavy atom. The Labute approximate surface area is 148 Å². The number of aliphatic hydroxyl groups excluding tert-OH is 1. The molecule has 0 unspecified atom stereocenters. The quantitative estimate of drug-likeness (QED) is 0.671. The summed E-state index contributed by atoms with van der Waals surface area (Å²) in [5, 5.41) is 13.0. The number of hydrogen-bond acceptors (Lipinski definition) is 3. The van der Waals surface area contributed by atoms with Crippen LogP contribution in [0.15, 0.2) is 40.9 Å². The van der Waals surface area contributed by atoms with Crippen LogP contribution in [0.5, 0.6) is 5.75 Å². The maximum atomic E-state index is 8.84. The molecule has 0 radical (unpaired) electrons. The van der Waals surface area contributed by atoms with Gasteiger partial charge in [0.25, 0.3) is 0 Å². The summed E-state index contributed by atoms with van der Waals surface area (Å²) in [4.78, 5) is 0. The molecule has 0 spiro atoms. The van der Waals surface area contributed by atoms with Crippen LogP contribution in [-0.2, 0) is 13.2 Å². The molecular formula is C16H16BrCl2NO2. The second-order valence-corrected chi connectivity index (χ2v) is 6.42. The Morgan fingerprint density at radius 3 is 2.64 bits per heavy atom. The van der Waals surface area contributed by atoms with Crippen LogP contribution < -0.4 is 10.1 Å². The Kier molecular flexibility index (Phi) is 6.99. The van der Waals surface area contributed by atoms with E-state index in [4.69, 9.17) is 33.0 Å². The van der Waals surface area contributed by atoms with Gasteiger partial charge in [-0.05, 0) is 35.9 Å². The number of hydrogen-bond donors (Lipinski definition) is 2. The lowest BCUT2D eigenvalue weighted by atomic mass is 10.2. The van der Waals surface area contributed by atoms with Crippen molar-refractivity contribution in [3.05, 3.63) is 62.0 Å². The highest BCUT2D eigenvalue weighted by atomic mass is 79.9. The first-order valence-corrected chi connectivity index (χ1v) is 8.32. The van der Waals surface area contributed by atoms with Crippen LogP contribution in [0.25, 0.3) is 0 Å². The second kappa shape index (κ2) is 8.75. The van der Waals surface area contributed by atoms with Crippen molar-refractivity contribution in [2.45, 2.75) is 13.2 Å². The minimum absolute atomic E-state index is 0.105. The van der Waals surface area contributed by atoms with Crippen molar-refractivity contribution in [3.63, 3.8) is 0 Å². The van der Waals surface area contributed by atoms with Crippen molar-refractivity contribution >= 4 is 39.1 Å². The number of halogens is 3. The van der Waals surface area contributed by atoms with E-state index in [1.807, 2.05) is 24.3 Å². The molecule has 118 valence electrons. The number of benzene rings is 2. The van der Waals surface area contributed by atoms with Gasteiger partial charge in [0.05, 0.1) is 16.7 Å². The lowest BCUT2D eigenvalue weighted by Crippen LogP contribution is -2.18. The molecule has 3 nitrogen and oxygen atoms in total. The maximum absolute atomic E-state index is 8.84. The van der Waals surface area contributed by atoms with Crippen LogP contribution in [0.2, 0.25) is 10.0 Å². The molecule has 22 heavy (non-hydrogen) atoms. The Hall–Kier alpha value is -0.780. The van der Waals surface area contributed by atoms with E-state index in [2.05, 4.69) is 21.2 Å². The standard InChI is InChI=1S/C16H16BrCl2NO2/c17-13-2-4-16(12(8-13)9-20-5-6-21)22-10-11-1-3-14(18)15(19)7-11/h1-4,7-8,20-21H,5-6,9-10H2. The van der Waals surface area contributed by atoms with Gasteiger partial charge in [-0.15, -0.1) is 0 Å². The molecule has 0 fully saturated rings. The molecule has 6 heteroatoms. The average molecular weight is 405 g/mol. The minimum atomic E-state index is 0.105. The summed E-state index contributed by atoms with van der Waals surface area (Å²) < 4.78 is 6.86. The third-order valence-electron chi connectivity index (χ3n) is 3.00. The van der Waals surface area contributed by atoms with Gasteiger partial charge in [0, 0.05) is 23.1 Å². The molecule has 0 aromatic heterocycles. The molecule has 0 saturated carbocycles. The van der Waals surface area contributed by atoms with Crippen LogP contribution in [-0.4, -0.2) is 18.3 Å². The predicted octanol–water partition coefficient (Wildman–Crippen LogP) is 4.42. The fraction of sp³-hybridized carbons (Fsp3) is 0.250. The van der Waals surface area contributed by atoms with Crippen LogP contribution in [0.4, 0.5) is 0 Å².